The van der Waals surface area contributed by atoms with E-state index in [0.717, 1.165) is 11.4 Å². The molecule has 1 aromatic carbocycles. The lowest BCUT2D eigenvalue weighted by molar-refractivity contribution is 0.298. The minimum Gasteiger partial charge on any atom is -0.487 e. The van der Waals surface area contributed by atoms with E-state index in [2.05, 4.69) is 15.1 Å². The van der Waals surface area contributed by atoms with Gasteiger partial charge in [0.25, 0.3) is 5.78 Å². The maximum atomic E-state index is 5.81. The highest BCUT2D eigenvalue weighted by Crippen LogP contribution is 2.16. The number of ether oxygens (including phenoxy) is 1. The molecule has 0 unspecified atom stereocenters. The SMILES string of the molecule is Clc1ccc(OCc2ccnc3ncnn23)cc1. The van der Waals surface area contributed by atoms with E-state index in [1.807, 2.05) is 18.2 Å². The predicted octanol–water partition coefficient (Wildman–Crippen LogP) is 2.36. The largest absolute Gasteiger partial charge is 0.487 e. The van der Waals surface area contributed by atoms with Gasteiger partial charge >= 0.3 is 0 Å². The van der Waals surface area contributed by atoms with Gasteiger partial charge in [0.2, 0.25) is 0 Å². The van der Waals surface area contributed by atoms with E-state index in [0.29, 0.717) is 17.4 Å². The van der Waals surface area contributed by atoms with E-state index in [9.17, 15) is 0 Å². The minimum absolute atomic E-state index is 0.393. The third-order valence-corrected chi connectivity index (χ3v) is 2.71. The smallest absolute Gasteiger partial charge is 0.252 e. The van der Waals surface area contributed by atoms with Crippen molar-refractivity contribution in [2.45, 2.75) is 6.61 Å². The summed E-state index contributed by atoms with van der Waals surface area (Å²) in [5.74, 6) is 1.32. The lowest BCUT2D eigenvalue weighted by Crippen LogP contribution is -2.04. The van der Waals surface area contributed by atoms with Crippen molar-refractivity contribution >= 4 is 17.4 Å². The molecular weight excluding hydrogens is 252 g/mol. The topological polar surface area (TPSA) is 52.3 Å². The van der Waals surface area contributed by atoms with E-state index >= 15 is 0 Å². The van der Waals surface area contributed by atoms with Crippen LogP contribution in [0.4, 0.5) is 0 Å². The molecular formula is C12H9ClN4O. The van der Waals surface area contributed by atoms with Gasteiger partial charge in [-0.1, -0.05) is 11.6 Å². The van der Waals surface area contributed by atoms with Crippen LogP contribution >= 0.6 is 11.6 Å². The van der Waals surface area contributed by atoms with Crippen LogP contribution in [-0.4, -0.2) is 19.6 Å². The number of benzene rings is 1. The maximum absolute atomic E-state index is 5.81. The summed E-state index contributed by atoms with van der Waals surface area (Å²) < 4.78 is 7.30. The molecule has 3 rings (SSSR count). The predicted molar refractivity (Wildman–Crippen MR) is 66.6 cm³/mol. The van der Waals surface area contributed by atoms with Gasteiger partial charge in [-0.15, -0.1) is 0 Å². The Balaban J connectivity index is 1.80. The first-order valence-corrected chi connectivity index (χ1v) is 5.73. The van der Waals surface area contributed by atoms with E-state index in [1.165, 1.54) is 6.33 Å². The maximum Gasteiger partial charge on any atom is 0.252 e. The summed E-state index contributed by atoms with van der Waals surface area (Å²) in [5, 5.41) is 4.77. The summed E-state index contributed by atoms with van der Waals surface area (Å²) in [5.41, 5.74) is 0.882. The molecule has 0 radical (unpaired) electrons. The molecule has 0 saturated heterocycles. The number of hydrogen-bond acceptors (Lipinski definition) is 4. The normalized spacial score (nSPS) is 10.7. The summed E-state index contributed by atoms with van der Waals surface area (Å²) in [6, 6.07) is 9.06. The highest BCUT2D eigenvalue weighted by molar-refractivity contribution is 6.30. The van der Waals surface area contributed by atoms with Crippen molar-refractivity contribution in [1.82, 2.24) is 19.6 Å². The van der Waals surface area contributed by atoms with Crippen LogP contribution in [0.2, 0.25) is 5.02 Å². The molecule has 18 heavy (non-hydrogen) atoms. The van der Waals surface area contributed by atoms with E-state index < -0.39 is 0 Å². The first kappa shape index (κ1) is 11.0. The average Bonchev–Trinajstić information content (AvgIpc) is 2.87. The van der Waals surface area contributed by atoms with E-state index in [1.54, 1.807) is 22.8 Å². The third kappa shape index (κ3) is 2.12. The Morgan fingerprint density at radius 1 is 1.11 bits per heavy atom. The Hall–Kier alpha value is -2.14. The Kier molecular flexibility index (Phi) is 2.82. The van der Waals surface area contributed by atoms with Crippen LogP contribution in [0, 0.1) is 0 Å². The molecule has 0 N–H and O–H groups in total. The van der Waals surface area contributed by atoms with Crippen LogP contribution < -0.4 is 4.74 Å². The van der Waals surface area contributed by atoms with E-state index in [-0.39, 0.29) is 0 Å². The Morgan fingerprint density at radius 2 is 1.94 bits per heavy atom. The molecule has 0 aliphatic rings. The molecule has 6 heteroatoms. The van der Waals surface area contributed by atoms with Gasteiger partial charge in [0.15, 0.2) is 0 Å². The molecule has 0 saturated carbocycles. The van der Waals surface area contributed by atoms with Gasteiger partial charge in [-0.05, 0) is 30.3 Å². The van der Waals surface area contributed by atoms with Crippen LogP contribution in [0.25, 0.3) is 5.78 Å². The van der Waals surface area contributed by atoms with Gasteiger partial charge < -0.3 is 4.74 Å². The fraction of sp³-hybridized carbons (Fsp3) is 0.0833. The highest BCUT2D eigenvalue weighted by Gasteiger charge is 2.03. The zero-order valence-corrected chi connectivity index (χ0v) is 10.1. The number of fused-ring (bicyclic) bond motifs is 1. The highest BCUT2D eigenvalue weighted by atomic mass is 35.5. The first-order valence-electron chi connectivity index (χ1n) is 5.35. The van der Waals surface area contributed by atoms with Gasteiger partial charge in [-0.25, -0.2) is 4.98 Å². The lowest BCUT2D eigenvalue weighted by Gasteiger charge is -2.06. The second-order valence-electron chi connectivity index (χ2n) is 3.65. The fourth-order valence-electron chi connectivity index (χ4n) is 1.58. The summed E-state index contributed by atoms with van der Waals surface area (Å²) in [4.78, 5) is 8.10. The lowest BCUT2D eigenvalue weighted by atomic mass is 10.3. The quantitative estimate of drug-likeness (QED) is 0.725. The average molecular weight is 261 g/mol. The first-order chi connectivity index (χ1) is 8.83. The van der Waals surface area contributed by atoms with Crippen molar-refractivity contribution in [3.63, 3.8) is 0 Å². The minimum atomic E-state index is 0.393. The standard InChI is InChI=1S/C12H9ClN4O/c13-9-1-3-11(4-2-9)18-7-10-5-6-14-12-15-8-16-17(10)12/h1-6,8H,7H2. The molecule has 0 bridgehead atoms. The molecule has 0 spiro atoms. The molecule has 0 aliphatic carbocycles. The molecule has 0 fully saturated rings. The molecule has 0 atom stereocenters. The number of halogens is 1. The molecule has 2 aromatic heterocycles. The van der Waals surface area contributed by atoms with Crippen molar-refractivity contribution in [2.24, 2.45) is 0 Å². The summed E-state index contributed by atoms with van der Waals surface area (Å²) >= 11 is 5.81. The van der Waals surface area contributed by atoms with Crippen LogP contribution in [-0.2, 0) is 6.61 Å². The van der Waals surface area contributed by atoms with Crippen LogP contribution in [0.1, 0.15) is 5.69 Å². The molecule has 3 aromatic rings. The van der Waals surface area contributed by atoms with Crippen molar-refractivity contribution in [2.75, 3.05) is 0 Å². The zero-order chi connectivity index (χ0) is 12.4. The summed E-state index contributed by atoms with van der Waals surface area (Å²) in [6.07, 6.45) is 3.15. The van der Waals surface area contributed by atoms with Crippen LogP contribution in [0.3, 0.4) is 0 Å². The Bertz CT molecular complexity index is 665. The van der Waals surface area contributed by atoms with Gasteiger partial charge in [-0.2, -0.15) is 14.6 Å². The fourth-order valence-corrected chi connectivity index (χ4v) is 1.71. The monoisotopic (exact) mass is 260 g/mol. The zero-order valence-electron chi connectivity index (χ0n) is 9.32. The van der Waals surface area contributed by atoms with Crippen molar-refractivity contribution in [1.29, 1.82) is 0 Å². The molecule has 5 nitrogen and oxygen atoms in total. The number of nitrogens with zero attached hydrogens (tertiary/aromatic N) is 4. The van der Waals surface area contributed by atoms with Crippen molar-refractivity contribution in [3.05, 3.63) is 53.6 Å². The number of aromatic nitrogens is 4. The van der Waals surface area contributed by atoms with Gasteiger partial charge in [0, 0.05) is 11.2 Å². The van der Waals surface area contributed by atoms with Crippen molar-refractivity contribution in [3.8, 4) is 5.75 Å². The molecule has 0 amide bonds. The van der Waals surface area contributed by atoms with Crippen LogP contribution in [0.5, 0.6) is 5.75 Å². The van der Waals surface area contributed by atoms with Crippen LogP contribution in [0.15, 0.2) is 42.9 Å². The summed E-state index contributed by atoms with van der Waals surface area (Å²) in [6.45, 7) is 0.393. The molecule has 0 aliphatic heterocycles. The third-order valence-electron chi connectivity index (χ3n) is 2.46. The number of rotatable bonds is 3. The Labute approximate surface area is 108 Å². The van der Waals surface area contributed by atoms with E-state index in [4.69, 9.17) is 16.3 Å². The van der Waals surface area contributed by atoms with Gasteiger partial charge in [0.1, 0.15) is 18.7 Å². The molecule has 2 heterocycles. The number of hydrogen-bond donors (Lipinski definition) is 0. The second kappa shape index (κ2) is 4.62. The summed E-state index contributed by atoms with van der Waals surface area (Å²) in [7, 11) is 0. The second-order valence-corrected chi connectivity index (χ2v) is 4.09. The van der Waals surface area contributed by atoms with Gasteiger partial charge in [0.05, 0.1) is 5.69 Å². The van der Waals surface area contributed by atoms with Gasteiger partial charge in [-0.3, -0.25) is 0 Å². The Morgan fingerprint density at radius 3 is 2.78 bits per heavy atom. The van der Waals surface area contributed by atoms with Crippen molar-refractivity contribution < 1.29 is 4.74 Å². The molecule has 90 valence electrons.